The number of hydrogen-bond acceptors (Lipinski definition) is 3. The van der Waals surface area contributed by atoms with Crippen LogP contribution in [0.1, 0.15) is 23.2 Å². The van der Waals surface area contributed by atoms with Gasteiger partial charge in [-0.15, -0.1) is 5.10 Å². The van der Waals surface area contributed by atoms with E-state index in [1.807, 2.05) is 10.9 Å². The van der Waals surface area contributed by atoms with Crippen LogP contribution in [0.15, 0.2) is 73.1 Å². The lowest BCUT2D eigenvalue weighted by molar-refractivity contribution is 0.0671. The molecule has 4 nitrogen and oxygen atoms in total. The first-order chi connectivity index (χ1) is 10.9. The van der Waals surface area contributed by atoms with E-state index < -0.39 is 0 Å². The van der Waals surface area contributed by atoms with Crippen molar-refractivity contribution in [2.45, 2.75) is 12.1 Å². The summed E-state index contributed by atoms with van der Waals surface area (Å²) in [7, 11) is 0. The van der Waals surface area contributed by atoms with Gasteiger partial charge in [-0.25, -0.2) is 4.68 Å². The van der Waals surface area contributed by atoms with E-state index in [4.69, 9.17) is 0 Å². The van der Waals surface area contributed by atoms with Crippen LogP contribution in [-0.2, 0) is 0 Å². The summed E-state index contributed by atoms with van der Waals surface area (Å²) in [4.78, 5) is 2.50. The van der Waals surface area contributed by atoms with Crippen LogP contribution in [-0.4, -0.2) is 33.0 Å². The van der Waals surface area contributed by atoms with Gasteiger partial charge in [0.2, 0.25) is 0 Å². The van der Waals surface area contributed by atoms with E-state index >= 15 is 0 Å². The monoisotopic (exact) mass is 290 g/mol. The molecule has 4 rings (SSSR count). The molecule has 1 fully saturated rings. The Morgan fingerprint density at radius 1 is 0.864 bits per heavy atom. The Bertz CT molecular complexity index is 664. The molecule has 0 unspecified atom stereocenters. The minimum atomic E-state index is 0.308. The van der Waals surface area contributed by atoms with E-state index in [2.05, 4.69) is 75.9 Å². The third kappa shape index (κ3) is 2.42. The van der Waals surface area contributed by atoms with Crippen LogP contribution in [0.2, 0.25) is 0 Å². The van der Waals surface area contributed by atoms with Crippen molar-refractivity contribution in [1.29, 1.82) is 0 Å². The van der Waals surface area contributed by atoms with Crippen LogP contribution in [0.25, 0.3) is 0 Å². The van der Waals surface area contributed by atoms with Gasteiger partial charge in [0.05, 0.1) is 18.3 Å². The molecule has 110 valence electrons. The Balaban J connectivity index is 1.60. The zero-order chi connectivity index (χ0) is 14.8. The molecule has 1 aromatic heterocycles. The second kappa shape index (κ2) is 5.73. The minimum absolute atomic E-state index is 0.308. The molecule has 0 N–H and O–H groups in total. The zero-order valence-corrected chi connectivity index (χ0v) is 12.3. The fourth-order valence-corrected chi connectivity index (χ4v) is 3.16. The highest BCUT2D eigenvalue weighted by Gasteiger charge is 2.35. The van der Waals surface area contributed by atoms with Crippen molar-refractivity contribution in [3.05, 3.63) is 84.2 Å². The summed E-state index contributed by atoms with van der Waals surface area (Å²) in [5.74, 6) is 0. The molecule has 0 saturated carbocycles. The van der Waals surface area contributed by atoms with Crippen molar-refractivity contribution in [3.63, 3.8) is 0 Å². The van der Waals surface area contributed by atoms with Crippen LogP contribution < -0.4 is 0 Å². The van der Waals surface area contributed by atoms with Gasteiger partial charge in [-0.1, -0.05) is 65.9 Å². The Morgan fingerprint density at radius 3 is 1.95 bits per heavy atom. The van der Waals surface area contributed by atoms with Crippen molar-refractivity contribution in [3.8, 4) is 0 Å². The van der Waals surface area contributed by atoms with E-state index in [0.717, 1.165) is 13.1 Å². The molecular weight excluding hydrogens is 272 g/mol. The Labute approximate surface area is 130 Å². The predicted octanol–water partition coefficient (Wildman–Crippen LogP) is 2.92. The van der Waals surface area contributed by atoms with Gasteiger partial charge in [0, 0.05) is 19.3 Å². The molecule has 1 saturated heterocycles. The third-order valence-electron chi connectivity index (χ3n) is 4.30. The smallest absolute Gasteiger partial charge is 0.0791 e. The lowest BCUT2D eigenvalue weighted by atomic mass is 9.93. The van der Waals surface area contributed by atoms with Crippen LogP contribution >= 0.6 is 0 Å². The molecule has 0 atom stereocenters. The van der Waals surface area contributed by atoms with Crippen molar-refractivity contribution in [1.82, 2.24) is 19.9 Å². The van der Waals surface area contributed by atoms with Gasteiger partial charge in [-0.05, 0) is 11.1 Å². The number of rotatable bonds is 4. The molecule has 3 aromatic rings. The average Bonchev–Trinajstić information content (AvgIpc) is 3.06. The Morgan fingerprint density at radius 2 is 1.45 bits per heavy atom. The van der Waals surface area contributed by atoms with E-state index in [0.29, 0.717) is 12.1 Å². The van der Waals surface area contributed by atoms with Crippen molar-refractivity contribution >= 4 is 0 Å². The zero-order valence-electron chi connectivity index (χ0n) is 12.3. The van der Waals surface area contributed by atoms with E-state index in [-0.39, 0.29) is 0 Å². The molecule has 1 aliphatic heterocycles. The van der Waals surface area contributed by atoms with Crippen LogP contribution in [0.5, 0.6) is 0 Å². The molecule has 22 heavy (non-hydrogen) atoms. The summed E-state index contributed by atoms with van der Waals surface area (Å²) in [6.45, 7) is 2.00. The largest absolute Gasteiger partial charge is 0.288 e. The first kappa shape index (κ1) is 13.2. The highest BCUT2D eigenvalue weighted by atomic mass is 15.5. The maximum absolute atomic E-state index is 4.12. The lowest BCUT2D eigenvalue weighted by Gasteiger charge is -2.44. The molecule has 0 spiro atoms. The van der Waals surface area contributed by atoms with E-state index in [1.54, 1.807) is 6.20 Å². The number of likely N-dealkylation sites (tertiary alicyclic amines) is 1. The van der Waals surface area contributed by atoms with Crippen molar-refractivity contribution in [2.75, 3.05) is 13.1 Å². The molecule has 0 amide bonds. The average molecular weight is 290 g/mol. The maximum Gasteiger partial charge on any atom is 0.0791 e. The van der Waals surface area contributed by atoms with Crippen molar-refractivity contribution < 1.29 is 0 Å². The molecule has 0 radical (unpaired) electrons. The van der Waals surface area contributed by atoms with Gasteiger partial charge in [0.1, 0.15) is 0 Å². The normalized spacial score (nSPS) is 15.9. The highest BCUT2D eigenvalue weighted by Crippen LogP contribution is 2.35. The first-order valence-corrected chi connectivity index (χ1v) is 7.61. The molecule has 0 bridgehead atoms. The van der Waals surface area contributed by atoms with Crippen LogP contribution in [0, 0.1) is 0 Å². The highest BCUT2D eigenvalue weighted by molar-refractivity contribution is 5.32. The fourth-order valence-electron chi connectivity index (χ4n) is 3.16. The first-order valence-electron chi connectivity index (χ1n) is 7.61. The molecule has 1 aliphatic rings. The van der Waals surface area contributed by atoms with Crippen LogP contribution in [0.3, 0.4) is 0 Å². The second-order valence-corrected chi connectivity index (χ2v) is 5.71. The summed E-state index contributed by atoms with van der Waals surface area (Å²) < 4.78 is 1.96. The van der Waals surface area contributed by atoms with Crippen molar-refractivity contribution in [2.24, 2.45) is 0 Å². The summed E-state index contributed by atoms with van der Waals surface area (Å²) in [5.41, 5.74) is 2.68. The second-order valence-electron chi connectivity index (χ2n) is 5.71. The molecule has 4 heteroatoms. The summed E-state index contributed by atoms with van der Waals surface area (Å²) in [6.07, 6.45) is 3.69. The quantitative estimate of drug-likeness (QED) is 0.741. The molecule has 2 heterocycles. The maximum atomic E-state index is 4.12. The topological polar surface area (TPSA) is 34.0 Å². The lowest BCUT2D eigenvalue weighted by Crippen LogP contribution is -2.49. The number of hydrogen-bond donors (Lipinski definition) is 0. The SMILES string of the molecule is c1ccc(C(c2ccccc2)N2CC(n3ccnn3)C2)cc1. The summed E-state index contributed by atoms with van der Waals surface area (Å²) >= 11 is 0. The van der Waals surface area contributed by atoms with Gasteiger partial charge >= 0.3 is 0 Å². The Hall–Kier alpha value is -2.46. The van der Waals surface area contributed by atoms with Gasteiger partial charge in [-0.3, -0.25) is 4.90 Å². The fraction of sp³-hybridized carbons (Fsp3) is 0.222. The standard InChI is InChI=1S/C18H18N4/c1-3-7-15(8-4-1)18(16-9-5-2-6-10-16)21-13-17(14-21)22-12-11-19-20-22/h1-12,17-18H,13-14H2. The predicted molar refractivity (Wildman–Crippen MR) is 85.4 cm³/mol. The number of benzene rings is 2. The van der Waals surface area contributed by atoms with Crippen LogP contribution in [0.4, 0.5) is 0 Å². The summed E-state index contributed by atoms with van der Waals surface area (Å²) in [5, 5.41) is 8.02. The number of aromatic nitrogens is 3. The third-order valence-corrected chi connectivity index (χ3v) is 4.30. The summed E-state index contributed by atoms with van der Waals surface area (Å²) in [6, 6.07) is 22.2. The Kier molecular flexibility index (Phi) is 3.45. The molecule has 2 aromatic carbocycles. The van der Waals surface area contributed by atoms with Gasteiger partial charge in [0.25, 0.3) is 0 Å². The number of nitrogens with zero attached hydrogens (tertiary/aromatic N) is 4. The molecular formula is C18H18N4. The van der Waals surface area contributed by atoms with E-state index in [9.17, 15) is 0 Å². The van der Waals surface area contributed by atoms with Gasteiger partial charge in [0.15, 0.2) is 0 Å². The van der Waals surface area contributed by atoms with Gasteiger partial charge in [-0.2, -0.15) is 0 Å². The van der Waals surface area contributed by atoms with Gasteiger partial charge < -0.3 is 0 Å². The molecule has 0 aliphatic carbocycles. The van der Waals surface area contributed by atoms with E-state index in [1.165, 1.54) is 11.1 Å². The minimum Gasteiger partial charge on any atom is -0.288 e.